The van der Waals surface area contributed by atoms with Gasteiger partial charge in [0.2, 0.25) is 11.8 Å². The molecule has 0 aliphatic carbocycles. The van der Waals surface area contributed by atoms with E-state index in [-0.39, 0.29) is 23.6 Å². The number of benzene rings is 3. The van der Waals surface area contributed by atoms with Crippen LogP contribution in [0.5, 0.6) is 0 Å². The maximum absolute atomic E-state index is 12.6. The molecule has 1 aromatic heterocycles. The molecule has 0 spiro atoms. The highest BCUT2D eigenvalue weighted by Crippen LogP contribution is 2.31. The van der Waals surface area contributed by atoms with Crippen LogP contribution in [0.15, 0.2) is 96.2 Å². The van der Waals surface area contributed by atoms with E-state index in [0.29, 0.717) is 10.7 Å². The number of para-hydroxylation sites is 1. The zero-order valence-electron chi connectivity index (χ0n) is 20.5. The Morgan fingerprint density at radius 2 is 1.53 bits per heavy atom. The molecule has 7 heteroatoms. The zero-order valence-corrected chi connectivity index (χ0v) is 21.3. The molecule has 2 amide bonds. The minimum atomic E-state index is -0.111. The van der Waals surface area contributed by atoms with Crippen LogP contribution in [-0.4, -0.2) is 33.6 Å². The van der Waals surface area contributed by atoms with Gasteiger partial charge in [-0.3, -0.25) is 14.6 Å². The molecular weight excluding hydrogens is 468 g/mol. The van der Waals surface area contributed by atoms with Gasteiger partial charge in [0, 0.05) is 35.5 Å². The number of hydrogen-bond donors (Lipinski definition) is 1. The largest absolute Gasteiger partial charge is 0.325 e. The van der Waals surface area contributed by atoms with Crippen molar-refractivity contribution in [2.24, 2.45) is 0 Å². The van der Waals surface area contributed by atoms with Crippen LogP contribution in [0.2, 0.25) is 0 Å². The molecule has 182 valence electrons. The molecule has 4 rings (SSSR count). The monoisotopic (exact) mass is 496 g/mol. The maximum atomic E-state index is 12.6. The van der Waals surface area contributed by atoms with Crippen LogP contribution in [0.4, 0.5) is 11.4 Å². The molecule has 6 nitrogen and oxygen atoms in total. The Labute approximate surface area is 215 Å². The number of nitrogens with one attached hydrogen (secondary N) is 1. The number of carbonyl (C=O) groups is 2. The molecule has 3 aromatic carbocycles. The smallest absolute Gasteiger partial charge is 0.234 e. The van der Waals surface area contributed by atoms with Crippen LogP contribution in [-0.2, 0) is 9.59 Å². The Bertz CT molecular complexity index is 1330. The number of hydrogen-bond acceptors (Lipinski definition) is 5. The summed E-state index contributed by atoms with van der Waals surface area (Å²) >= 11 is 1.36. The Kier molecular flexibility index (Phi) is 8.13. The van der Waals surface area contributed by atoms with Crippen molar-refractivity contribution in [3.63, 3.8) is 0 Å². The van der Waals surface area contributed by atoms with Gasteiger partial charge in [-0.2, -0.15) is 0 Å². The third kappa shape index (κ3) is 6.17. The van der Waals surface area contributed by atoms with Gasteiger partial charge in [0.1, 0.15) is 10.7 Å². The normalized spacial score (nSPS) is 10.8. The molecule has 0 saturated carbocycles. The highest BCUT2D eigenvalue weighted by molar-refractivity contribution is 8.00. The average molecular weight is 497 g/mol. The molecule has 0 bridgehead atoms. The van der Waals surface area contributed by atoms with E-state index in [2.05, 4.69) is 5.32 Å². The van der Waals surface area contributed by atoms with Crippen molar-refractivity contribution >= 4 is 35.0 Å². The van der Waals surface area contributed by atoms with Crippen LogP contribution >= 0.6 is 11.8 Å². The molecule has 0 unspecified atom stereocenters. The van der Waals surface area contributed by atoms with Crippen LogP contribution < -0.4 is 10.2 Å². The van der Waals surface area contributed by atoms with Crippen molar-refractivity contribution in [2.75, 3.05) is 16.0 Å². The molecule has 4 aromatic rings. The SMILES string of the molecule is CC(=O)N(c1ccc(-c2cnc(-c3ccccc3)c(SCC(=O)Nc3ccccc3)n2)cc1)C(C)C. The number of rotatable bonds is 8. The van der Waals surface area contributed by atoms with E-state index in [1.807, 2.05) is 98.8 Å². The quantitative estimate of drug-likeness (QED) is 0.290. The number of amides is 2. The average Bonchev–Trinajstić information content (AvgIpc) is 2.88. The lowest BCUT2D eigenvalue weighted by Crippen LogP contribution is -2.34. The highest BCUT2D eigenvalue weighted by atomic mass is 32.2. The molecule has 0 aliphatic heterocycles. The Balaban J connectivity index is 1.60. The molecule has 0 radical (unpaired) electrons. The predicted molar refractivity (Wildman–Crippen MR) is 147 cm³/mol. The molecule has 0 fully saturated rings. The Morgan fingerprint density at radius 1 is 0.889 bits per heavy atom. The fourth-order valence-corrected chi connectivity index (χ4v) is 4.70. The van der Waals surface area contributed by atoms with Crippen LogP contribution in [0, 0.1) is 0 Å². The van der Waals surface area contributed by atoms with Crippen molar-refractivity contribution in [3.8, 4) is 22.5 Å². The molecule has 1 N–H and O–H groups in total. The van der Waals surface area contributed by atoms with Gasteiger partial charge in [0.15, 0.2) is 0 Å². The molecule has 0 atom stereocenters. The van der Waals surface area contributed by atoms with Gasteiger partial charge in [-0.25, -0.2) is 4.98 Å². The lowest BCUT2D eigenvalue weighted by molar-refractivity contribution is -0.117. The topological polar surface area (TPSA) is 75.2 Å². The summed E-state index contributed by atoms with van der Waals surface area (Å²) in [4.78, 5) is 36.0. The molecule has 36 heavy (non-hydrogen) atoms. The maximum Gasteiger partial charge on any atom is 0.234 e. The minimum Gasteiger partial charge on any atom is -0.325 e. The van der Waals surface area contributed by atoms with Crippen LogP contribution in [0.3, 0.4) is 0 Å². The van der Waals surface area contributed by atoms with Gasteiger partial charge in [-0.1, -0.05) is 72.4 Å². The number of nitrogens with zero attached hydrogens (tertiary/aromatic N) is 3. The van der Waals surface area contributed by atoms with Gasteiger partial charge < -0.3 is 10.2 Å². The Morgan fingerprint density at radius 3 is 2.14 bits per heavy atom. The van der Waals surface area contributed by atoms with Gasteiger partial charge in [0.25, 0.3) is 0 Å². The van der Waals surface area contributed by atoms with Crippen molar-refractivity contribution < 1.29 is 9.59 Å². The fourth-order valence-electron chi connectivity index (χ4n) is 3.89. The summed E-state index contributed by atoms with van der Waals surface area (Å²) in [5.74, 6) is 0.0883. The van der Waals surface area contributed by atoms with Crippen molar-refractivity contribution in [1.29, 1.82) is 0 Å². The second-order valence-electron chi connectivity index (χ2n) is 8.51. The van der Waals surface area contributed by atoms with Gasteiger partial charge in [-0.15, -0.1) is 0 Å². The summed E-state index contributed by atoms with van der Waals surface area (Å²) in [7, 11) is 0. The summed E-state index contributed by atoms with van der Waals surface area (Å²) in [6.07, 6.45) is 1.75. The summed E-state index contributed by atoms with van der Waals surface area (Å²) < 4.78 is 0. The fraction of sp³-hybridized carbons (Fsp3) is 0.172. The second-order valence-corrected chi connectivity index (χ2v) is 9.47. The summed E-state index contributed by atoms with van der Waals surface area (Å²) in [6.45, 7) is 5.54. The minimum absolute atomic E-state index is 0.00257. The zero-order chi connectivity index (χ0) is 25.5. The first-order chi connectivity index (χ1) is 17.4. The summed E-state index contributed by atoms with van der Waals surface area (Å²) in [6, 6.07) is 27.0. The van der Waals surface area contributed by atoms with Crippen molar-refractivity contribution in [3.05, 3.63) is 91.1 Å². The molecule has 0 saturated heterocycles. The first kappa shape index (κ1) is 25.1. The van der Waals surface area contributed by atoms with Crippen molar-refractivity contribution in [2.45, 2.75) is 31.8 Å². The lowest BCUT2D eigenvalue weighted by Gasteiger charge is -2.25. The van der Waals surface area contributed by atoms with E-state index in [1.54, 1.807) is 18.0 Å². The predicted octanol–water partition coefficient (Wildman–Crippen LogP) is 6.30. The molecule has 0 aliphatic rings. The van der Waals surface area contributed by atoms with Crippen molar-refractivity contribution in [1.82, 2.24) is 9.97 Å². The van der Waals surface area contributed by atoms with E-state index in [0.717, 1.165) is 28.2 Å². The summed E-state index contributed by atoms with van der Waals surface area (Å²) in [5, 5.41) is 3.59. The lowest BCUT2D eigenvalue weighted by atomic mass is 10.1. The van der Waals surface area contributed by atoms with Crippen LogP contribution in [0.25, 0.3) is 22.5 Å². The van der Waals surface area contributed by atoms with E-state index < -0.39 is 0 Å². The van der Waals surface area contributed by atoms with E-state index in [4.69, 9.17) is 9.97 Å². The molecular formula is C29H28N4O2S. The number of aromatic nitrogens is 2. The number of anilines is 2. The van der Waals surface area contributed by atoms with Gasteiger partial charge in [-0.05, 0) is 38.1 Å². The van der Waals surface area contributed by atoms with Gasteiger partial charge >= 0.3 is 0 Å². The third-order valence-electron chi connectivity index (χ3n) is 5.48. The third-order valence-corrected chi connectivity index (χ3v) is 6.45. The van der Waals surface area contributed by atoms with E-state index in [9.17, 15) is 9.59 Å². The highest BCUT2D eigenvalue weighted by Gasteiger charge is 2.17. The first-order valence-electron chi connectivity index (χ1n) is 11.7. The second kappa shape index (κ2) is 11.6. The van der Waals surface area contributed by atoms with Gasteiger partial charge in [0.05, 0.1) is 17.6 Å². The summed E-state index contributed by atoms with van der Waals surface area (Å²) in [5.41, 5.74) is 4.84. The number of thioether (sulfide) groups is 1. The number of carbonyl (C=O) groups excluding carboxylic acids is 2. The first-order valence-corrected chi connectivity index (χ1v) is 12.7. The molecule has 1 heterocycles. The standard InChI is InChI=1S/C29H28N4O2S/c1-20(2)33(21(3)34)25-16-14-22(15-17-25)26-18-30-28(23-10-6-4-7-11-23)29(32-26)36-19-27(35)31-24-12-8-5-9-13-24/h4-18,20H,19H2,1-3H3,(H,31,35). The van der Waals surface area contributed by atoms with Crippen LogP contribution in [0.1, 0.15) is 20.8 Å². The Hall–Kier alpha value is -3.97. The van der Waals surface area contributed by atoms with E-state index in [1.165, 1.54) is 11.8 Å². The van der Waals surface area contributed by atoms with E-state index >= 15 is 0 Å².